The van der Waals surface area contributed by atoms with Crippen molar-refractivity contribution < 1.29 is 9.53 Å². The fourth-order valence-electron chi connectivity index (χ4n) is 2.83. The number of anilines is 1. The lowest BCUT2D eigenvalue weighted by atomic mass is 10.0. The predicted octanol–water partition coefficient (Wildman–Crippen LogP) is 2.89. The van der Waals surface area contributed by atoms with Crippen molar-refractivity contribution in [1.82, 2.24) is 0 Å². The Morgan fingerprint density at radius 2 is 1.68 bits per heavy atom. The summed E-state index contributed by atoms with van der Waals surface area (Å²) in [6.45, 7) is 3.95. The van der Waals surface area contributed by atoms with Crippen LogP contribution in [0.2, 0.25) is 0 Å². The molecule has 0 aromatic heterocycles. The number of benzene rings is 2. The summed E-state index contributed by atoms with van der Waals surface area (Å²) in [5.74, 6) is 0.570. The molecule has 4 nitrogen and oxygen atoms in total. The molecule has 2 aromatic carbocycles. The van der Waals surface area contributed by atoms with E-state index in [4.69, 9.17) is 10.5 Å². The Morgan fingerprint density at radius 1 is 1.05 bits per heavy atom. The number of amides is 1. The van der Waals surface area contributed by atoms with Crippen molar-refractivity contribution >= 4 is 11.6 Å². The largest absolute Gasteiger partial charge is 0.481 e. The fraction of sp³-hybridized carbons (Fsp3) is 0.278. The first kappa shape index (κ1) is 14.6. The van der Waals surface area contributed by atoms with E-state index in [1.165, 1.54) is 0 Å². The molecule has 2 atom stereocenters. The van der Waals surface area contributed by atoms with E-state index in [-0.39, 0.29) is 11.9 Å². The first-order valence-electron chi connectivity index (χ1n) is 7.49. The molecule has 4 heteroatoms. The van der Waals surface area contributed by atoms with Gasteiger partial charge in [0.1, 0.15) is 17.9 Å². The van der Waals surface area contributed by atoms with E-state index in [9.17, 15) is 4.79 Å². The van der Waals surface area contributed by atoms with Gasteiger partial charge in [-0.15, -0.1) is 0 Å². The minimum atomic E-state index is -0.739. The molecule has 2 aromatic rings. The van der Waals surface area contributed by atoms with Crippen molar-refractivity contribution in [3.05, 3.63) is 60.2 Å². The highest BCUT2D eigenvalue weighted by atomic mass is 16.5. The normalized spacial score (nSPS) is 21.3. The van der Waals surface area contributed by atoms with Crippen molar-refractivity contribution in [2.45, 2.75) is 32.0 Å². The summed E-state index contributed by atoms with van der Waals surface area (Å²) in [7, 11) is 0. The maximum Gasteiger partial charge on any atom is 0.248 e. The molecule has 0 unspecified atom stereocenters. The van der Waals surface area contributed by atoms with Crippen molar-refractivity contribution in [3.63, 3.8) is 0 Å². The van der Waals surface area contributed by atoms with Gasteiger partial charge in [-0.05, 0) is 31.5 Å². The molecule has 0 aliphatic carbocycles. The number of rotatable bonds is 2. The Kier molecular flexibility index (Phi) is 3.86. The quantitative estimate of drug-likeness (QED) is 0.927. The molecule has 22 heavy (non-hydrogen) atoms. The number of para-hydroxylation sites is 2. The third-order valence-electron chi connectivity index (χ3n) is 3.87. The van der Waals surface area contributed by atoms with Gasteiger partial charge in [-0.1, -0.05) is 42.5 Å². The number of nitrogens with zero attached hydrogens (tertiary/aromatic N) is 1. The second-order valence-electron chi connectivity index (χ2n) is 5.74. The van der Waals surface area contributed by atoms with Gasteiger partial charge in [0.25, 0.3) is 0 Å². The molecule has 1 aliphatic rings. The van der Waals surface area contributed by atoms with E-state index in [2.05, 4.69) is 0 Å². The zero-order chi connectivity index (χ0) is 15.7. The van der Waals surface area contributed by atoms with Crippen LogP contribution in [-0.2, 0) is 4.79 Å². The Hall–Kier alpha value is -2.33. The van der Waals surface area contributed by atoms with Gasteiger partial charge in [0.05, 0.1) is 5.69 Å². The molecule has 0 fully saturated rings. The lowest BCUT2D eigenvalue weighted by Gasteiger charge is -2.27. The summed E-state index contributed by atoms with van der Waals surface area (Å²) in [5.41, 5.74) is 7.93. The van der Waals surface area contributed by atoms with Gasteiger partial charge in [0.15, 0.2) is 0 Å². The zero-order valence-electron chi connectivity index (χ0n) is 12.8. The molecule has 0 saturated carbocycles. The zero-order valence-corrected chi connectivity index (χ0v) is 12.8. The van der Waals surface area contributed by atoms with Gasteiger partial charge < -0.3 is 15.4 Å². The monoisotopic (exact) mass is 296 g/mol. The summed E-state index contributed by atoms with van der Waals surface area (Å²) in [5, 5.41) is 0. The van der Waals surface area contributed by atoms with Crippen LogP contribution in [0.5, 0.6) is 5.75 Å². The van der Waals surface area contributed by atoms with Crippen LogP contribution >= 0.6 is 0 Å². The minimum Gasteiger partial charge on any atom is -0.481 e. The highest BCUT2D eigenvalue weighted by molar-refractivity contribution is 6.00. The average molecular weight is 296 g/mol. The van der Waals surface area contributed by atoms with E-state index >= 15 is 0 Å². The molecular formula is C18H20N2O2. The number of hydrogen-bond acceptors (Lipinski definition) is 3. The number of carbonyl (C=O) groups is 1. The third-order valence-corrected chi connectivity index (χ3v) is 3.87. The number of nitrogens with two attached hydrogens (primary N) is 1. The van der Waals surface area contributed by atoms with Gasteiger partial charge in [-0.25, -0.2) is 0 Å². The average Bonchev–Trinajstić information content (AvgIpc) is 2.64. The van der Waals surface area contributed by atoms with Crippen molar-refractivity contribution in [2.24, 2.45) is 5.73 Å². The SMILES string of the molecule is CC(C)N1C(=O)[C@@H](N)[C@@H](c2ccccc2)Oc2ccccc21. The molecule has 114 valence electrons. The highest BCUT2D eigenvalue weighted by Gasteiger charge is 2.37. The lowest BCUT2D eigenvalue weighted by molar-refractivity contribution is -0.121. The summed E-state index contributed by atoms with van der Waals surface area (Å²) in [4.78, 5) is 14.6. The smallest absolute Gasteiger partial charge is 0.248 e. The Bertz CT molecular complexity index is 670. The molecule has 1 heterocycles. The van der Waals surface area contributed by atoms with E-state index in [1.807, 2.05) is 68.4 Å². The van der Waals surface area contributed by atoms with E-state index in [0.29, 0.717) is 5.75 Å². The number of hydrogen-bond donors (Lipinski definition) is 1. The molecule has 0 spiro atoms. The van der Waals surface area contributed by atoms with Crippen LogP contribution in [0.25, 0.3) is 0 Å². The molecule has 0 saturated heterocycles. The van der Waals surface area contributed by atoms with E-state index in [1.54, 1.807) is 4.90 Å². The van der Waals surface area contributed by atoms with Gasteiger partial charge >= 0.3 is 0 Å². The first-order chi connectivity index (χ1) is 10.6. The molecule has 2 N–H and O–H groups in total. The van der Waals surface area contributed by atoms with Crippen LogP contribution in [0.3, 0.4) is 0 Å². The lowest BCUT2D eigenvalue weighted by Crippen LogP contribution is -2.49. The predicted molar refractivity (Wildman–Crippen MR) is 86.9 cm³/mol. The standard InChI is InChI=1S/C18H20N2O2/c1-12(2)20-14-10-6-7-11-15(14)22-17(16(19)18(20)21)13-8-4-3-5-9-13/h3-12,16-17H,19H2,1-2H3/t16-,17+/m0/s1. The summed E-state index contributed by atoms with van der Waals surface area (Å²) < 4.78 is 6.12. The molecule has 1 amide bonds. The summed E-state index contributed by atoms with van der Waals surface area (Å²) >= 11 is 0. The van der Waals surface area contributed by atoms with Crippen LogP contribution in [0, 0.1) is 0 Å². The first-order valence-corrected chi connectivity index (χ1v) is 7.49. The minimum absolute atomic E-state index is 0.0119. The Morgan fingerprint density at radius 3 is 2.36 bits per heavy atom. The topological polar surface area (TPSA) is 55.6 Å². The summed E-state index contributed by atoms with van der Waals surface area (Å²) in [6.07, 6.45) is -0.487. The second-order valence-corrected chi connectivity index (χ2v) is 5.74. The molecule has 3 rings (SSSR count). The Labute approximate surface area is 130 Å². The highest BCUT2D eigenvalue weighted by Crippen LogP contribution is 2.38. The van der Waals surface area contributed by atoms with Crippen LogP contribution in [-0.4, -0.2) is 18.0 Å². The van der Waals surface area contributed by atoms with E-state index < -0.39 is 12.1 Å². The number of ether oxygens (including phenoxy) is 1. The maximum atomic E-state index is 12.9. The maximum absolute atomic E-state index is 12.9. The van der Waals surface area contributed by atoms with Crippen LogP contribution in [0.15, 0.2) is 54.6 Å². The Balaban J connectivity index is 2.10. The van der Waals surface area contributed by atoms with Crippen LogP contribution < -0.4 is 15.4 Å². The van der Waals surface area contributed by atoms with Crippen molar-refractivity contribution in [3.8, 4) is 5.75 Å². The van der Waals surface area contributed by atoms with E-state index in [0.717, 1.165) is 11.3 Å². The molecule has 0 radical (unpaired) electrons. The fourth-order valence-corrected chi connectivity index (χ4v) is 2.83. The number of fused-ring (bicyclic) bond motifs is 1. The third kappa shape index (κ3) is 2.46. The molecule has 1 aliphatic heterocycles. The van der Waals surface area contributed by atoms with Crippen molar-refractivity contribution in [1.29, 1.82) is 0 Å². The number of carbonyl (C=O) groups excluding carboxylic acids is 1. The molecular weight excluding hydrogens is 276 g/mol. The van der Waals surface area contributed by atoms with Crippen LogP contribution in [0.4, 0.5) is 5.69 Å². The second kappa shape index (κ2) is 5.81. The van der Waals surface area contributed by atoms with Crippen LogP contribution in [0.1, 0.15) is 25.5 Å². The van der Waals surface area contributed by atoms with Gasteiger partial charge in [-0.2, -0.15) is 0 Å². The van der Waals surface area contributed by atoms with Gasteiger partial charge in [0, 0.05) is 6.04 Å². The van der Waals surface area contributed by atoms with Gasteiger partial charge in [0.2, 0.25) is 5.91 Å². The summed E-state index contributed by atoms with van der Waals surface area (Å²) in [6, 6.07) is 16.5. The van der Waals surface area contributed by atoms with Gasteiger partial charge in [-0.3, -0.25) is 4.79 Å². The molecule has 0 bridgehead atoms. The van der Waals surface area contributed by atoms with Crippen molar-refractivity contribution in [2.75, 3.05) is 4.90 Å².